The maximum absolute atomic E-state index is 11.7. The molecule has 0 aromatic heterocycles. The summed E-state index contributed by atoms with van der Waals surface area (Å²) in [7, 11) is 3.35. The van der Waals surface area contributed by atoms with Gasteiger partial charge in [-0.2, -0.15) is 0 Å². The van der Waals surface area contributed by atoms with Crippen molar-refractivity contribution in [3.8, 4) is 11.5 Å². The Hall–Kier alpha value is -1.91. The van der Waals surface area contributed by atoms with Crippen LogP contribution < -0.4 is 15.2 Å². The van der Waals surface area contributed by atoms with E-state index in [2.05, 4.69) is 0 Å². The Kier molecular flexibility index (Phi) is 2.15. The van der Waals surface area contributed by atoms with E-state index in [0.29, 0.717) is 22.7 Å². The van der Waals surface area contributed by atoms with Crippen LogP contribution in [0.1, 0.15) is 10.4 Å². The number of amides is 1. The predicted molar refractivity (Wildman–Crippen MR) is 55.0 cm³/mol. The van der Waals surface area contributed by atoms with Crippen LogP contribution in [0.25, 0.3) is 0 Å². The first-order chi connectivity index (χ1) is 7.09. The third kappa shape index (κ3) is 1.56. The lowest BCUT2D eigenvalue weighted by Crippen LogP contribution is -2.22. The Morgan fingerprint density at radius 3 is 2.53 bits per heavy atom. The molecule has 0 bridgehead atoms. The summed E-state index contributed by atoms with van der Waals surface area (Å²) in [4.78, 5) is 13.2. The molecule has 5 nitrogen and oxygen atoms in total. The summed E-state index contributed by atoms with van der Waals surface area (Å²) in [6, 6.07) is 3.22. The Labute approximate surface area is 87.4 Å². The largest absolute Gasteiger partial charge is 0.454 e. The number of nitrogen functional groups attached to an aromatic ring is 1. The van der Waals surface area contributed by atoms with Crippen LogP contribution in [0.5, 0.6) is 11.5 Å². The molecule has 5 heteroatoms. The van der Waals surface area contributed by atoms with Gasteiger partial charge in [-0.15, -0.1) is 0 Å². The highest BCUT2D eigenvalue weighted by atomic mass is 16.7. The SMILES string of the molecule is CN(C)C(=O)c1cc2c(cc1N)OCO2. The standard InChI is InChI=1S/C10H12N2O3/c1-12(2)10(13)6-3-8-9(4-7(6)11)15-5-14-8/h3-4H,5,11H2,1-2H3. The molecule has 0 fully saturated rings. The van der Waals surface area contributed by atoms with Gasteiger partial charge in [-0.05, 0) is 6.07 Å². The van der Waals surface area contributed by atoms with Crippen molar-refractivity contribution in [1.29, 1.82) is 0 Å². The molecule has 1 amide bonds. The van der Waals surface area contributed by atoms with Gasteiger partial charge in [0.2, 0.25) is 6.79 Å². The van der Waals surface area contributed by atoms with E-state index in [1.807, 2.05) is 0 Å². The molecule has 2 N–H and O–H groups in total. The van der Waals surface area contributed by atoms with Crippen molar-refractivity contribution in [2.75, 3.05) is 26.6 Å². The van der Waals surface area contributed by atoms with E-state index < -0.39 is 0 Å². The Balaban J connectivity index is 2.45. The van der Waals surface area contributed by atoms with Gasteiger partial charge in [-0.1, -0.05) is 0 Å². The first kappa shape index (κ1) is 9.64. The number of ether oxygens (including phenoxy) is 2. The van der Waals surface area contributed by atoms with E-state index in [1.165, 1.54) is 4.90 Å². The van der Waals surface area contributed by atoms with Crippen LogP contribution in [0.4, 0.5) is 5.69 Å². The van der Waals surface area contributed by atoms with Crippen molar-refractivity contribution in [2.24, 2.45) is 0 Å². The van der Waals surface area contributed by atoms with Gasteiger partial charge in [0.25, 0.3) is 5.91 Å². The summed E-state index contributed by atoms with van der Waals surface area (Å²) >= 11 is 0. The lowest BCUT2D eigenvalue weighted by Gasteiger charge is -2.12. The fourth-order valence-corrected chi connectivity index (χ4v) is 1.38. The van der Waals surface area contributed by atoms with Gasteiger partial charge in [0.15, 0.2) is 11.5 Å². The Morgan fingerprint density at radius 2 is 1.93 bits per heavy atom. The van der Waals surface area contributed by atoms with E-state index in [4.69, 9.17) is 15.2 Å². The van der Waals surface area contributed by atoms with Crippen molar-refractivity contribution in [3.05, 3.63) is 17.7 Å². The summed E-state index contributed by atoms with van der Waals surface area (Å²) in [5.74, 6) is 1.00. The minimum Gasteiger partial charge on any atom is -0.454 e. The number of anilines is 1. The van der Waals surface area contributed by atoms with Crippen LogP contribution in [0, 0.1) is 0 Å². The fraction of sp³-hybridized carbons (Fsp3) is 0.300. The van der Waals surface area contributed by atoms with E-state index >= 15 is 0 Å². The molecule has 1 aromatic carbocycles. The van der Waals surface area contributed by atoms with E-state index in [-0.39, 0.29) is 12.7 Å². The molecule has 80 valence electrons. The molecule has 1 heterocycles. The number of carbonyl (C=O) groups is 1. The van der Waals surface area contributed by atoms with Crippen LogP contribution in [-0.2, 0) is 0 Å². The highest BCUT2D eigenvalue weighted by molar-refractivity contribution is 5.99. The second-order valence-electron chi connectivity index (χ2n) is 3.49. The molecule has 2 rings (SSSR count). The third-order valence-corrected chi connectivity index (χ3v) is 2.18. The van der Waals surface area contributed by atoms with Gasteiger partial charge >= 0.3 is 0 Å². The molecule has 1 aliphatic heterocycles. The summed E-state index contributed by atoms with van der Waals surface area (Å²) in [6.07, 6.45) is 0. The first-order valence-electron chi connectivity index (χ1n) is 4.50. The van der Waals surface area contributed by atoms with Crippen LogP contribution in [0.2, 0.25) is 0 Å². The molecule has 0 saturated carbocycles. The molecule has 0 unspecified atom stereocenters. The molecule has 1 aliphatic rings. The molecule has 0 atom stereocenters. The van der Waals surface area contributed by atoms with Crippen molar-refractivity contribution in [1.82, 2.24) is 4.90 Å². The first-order valence-corrected chi connectivity index (χ1v) is 4.50. The molecular weight excluding hydrogens is 196 g/mol. The lowest BCUT2D eigenvalue weighted by molar-refractivity contribution is 0.0828. The fourth-order valence-electron chi connectivity index (χ4n) is 1.38. The van der Waals surface area contributed by atoms with Crippen LogP contribution >= 0.6 is 0 Å². The number of nitrogens with two attached hydrogens (primary N) is 1. The number of hydrogen-bond donors (Lipinski definition) is 1. The number of rotatable bonds is 1. The molecule has 1 aromatic rings. The van der Waals surface area contributed by atoms with Gasteiger partial charge in [0, 0.05) is 25.8 Å². The minimum atomic E-state index is -0.147. The average molecular weight is 208 g/mol. The molecule has 15 heavy (non-hydrogen) atoms. The van der Waals surface area contributed by atoms with E-state index in [1.54, 1.807) is 26.2 Å². The van der Waals surface area contributed by atoms with Gasteiger partial charge < -0.3 is 20.1 Å². The average Bonchev–Trinajstić information content (AvgIpc) is 2.62. The highest BCUT2D eigenvalue weighted by Gasteiger charge is 2.20. The maximum atomic E-state index is 11.7. The molecular formula is C10H12N2O3. The second-order valence-corrected chi connectivity index (χ2v) is 3.49. The molecule has 0 spiro atoms. The van der Waals surface area contributed by atoms with Gasteiger partial charge in [-0.3, -0.25) is 4.79 Å². The third-order valence-electron chi connectivity index (χ3n) is 2.18. The van der Waals surface area contributed by atoms with Crippen molar-refractivity contribution in [2.45, 2.75) is 0 Å². The second kappa shape index (κ2) is 3.34. The zero-order valence-electron chi connectivity index (χ0n) is 8.61. The molecule has 0 aliphatic carbocycles. The number of hydrogen-bond acceptors (Lipinski definition) is 4. The monoisotopic (exact) mass is 208 g/mol. The van der Waals surface area contributed by atoms with Crippen LogP contribution in [0.3, 0.4) is 0 Å². The molecule has 0 saturated heterocycles. The Bertz CT molecular complexity index is 415. The summed E-state index contributed by atoms with van der Waals surface area (Å²) in [5, 5.41) is 0. The maximum Gasteiger partial charge on any atom is 0.255 e. The zero-order valence-corrected chi connectivity index (χ0v) is 8.61. The minimum absolute atomic E-state index is 0.147. The number of benzene rings is 1. The predicted octanol–water partition coefficient (Wildman–Crippen LogP) is 0.699. The van der Waals surface area contributed by atoms with Gasteiger partial charge in [-0.25, -0.2) is 0 Å². The van der Waals surface area contributed by atoms with Gasteiger partial charge in [0.05, 0.1) is 5.56 Å². The summed E-state index contributed by atoms with van der Waals surface area (Å²) in [5.41, 5.74) is 6.58. The zero-order chi connectivity index (χ0) is 11.0. The number of nitrogens with zero attached hydrogens (tertiary/aromatic N) is 1. The van der Waals surface area contributed by atoms with E-state index in [9.17, 15) is 4.79 Å². The van der Waals surface area contributed by atoms with Crippen LogP contribution in [0.15, 0.2) is 12.1 Å². The smallest absolute Gasteiger partial charge is 0.255 e. The molecule has 0 radical (unpaired) electrons. The quantitative estimate of drug-likeness (QED) is 0.690. The number of fused-ring (bicyclic) bond motifs is 1. The Morgan fingerprint density at radius 1 is 1.33 bits per heavy atom. The van der Waals surface area contributed by atoms with Crippen molar-refractivity contribution < 1.29 is 14.3 Å². The number of carbonyl (C=O) groups excluding carboxylic acids is 1. The van der Waals surface area contributed by atoms with Crippen molar-refractivity contribution >= 4 is 11.6 Å². The van der Waals surface area contributed by atoms with Gasteiger partial charge in [0.1, 0.15) is 0 Å². The highest BCUT2D eigenvalue weighted by Crippen LogP contribution is 2.36. The summed E-state index contributed by atoms with van der Waals surface area (Å²) in [6.45, 7) is 0.175. The summed E-state index contributed by atoms with van der Waals surface area (Å²) < 4.78 is 10.3. The van der Waals surface area contributed by atoms with E-state index in [0.717, 1.165) is 0 Å². The lowest BCUT2D eigenvalue weighted by atomic mass is 10.1. The van der Waals surface area contributed by atoms with Crippen LogP contribution in [-0.4, -0.2) is 31.7 Å². The topological polar surface area (TPSA) is 64.8 Å². The normalized spacial score (nSPS) is 12.7. The van der Waals surface area contributed by atoms with Crippen molar-refractivity contribution in [3.63, 3.8) is 0 Å².